The van der Waals surface area contributed by atoms with Gasteiger partial charge in [-0.05, 0) is 68.1 Å². The van der Waals surface area contributed by atoms with E-state index in [1.807, 2.05) is 0 Å². The van der Waals surface area contributed by atoms with Crippen LogP contribution in [-0.2, 0) is 11.2 Å². The highest BCUT2D eigenvalue weighted by Crippen LogP contribution is 2.41. The summed E-state index contributed by atoms with van der Waals surface area (Å²) >= 11 is 0. The number of fused-ring (bicyclic) bond motifs is 3. The molecule has 0 spiro atoms. The Bertz CT molecular complexity index is 758. The van der Waals surface area contributed by atoms with Crippen molar-refractivity contribution in [3.05, 3.63) is 35.5 Å². The van der Waals surface area contributed by atoms with Crippen molar-refractivity contribution in [3.63, 3.8) is 0 Å². The summed E-state index contributed by atoms with van der Waals surface area (Å²) in [5.41, 5.74) is 10.1. The van der Waals surface area contributed by atoms with Crippen molar-refractivity contribution < 1.29 is 4.79 Å². The van der Waals surface area contributed by atoms with Crippen LogP contribution in [0, 0.1) is 24.7 Å². The number of aromatic nitrogens is 1. The second kappa shape index (κ2) is 8.01. The molecule has 4 nitrogen and oxygen atoms in total. The molecule has 26 heavy (non-hydrogen) atoms. The van der Waals surface area contributed by atoms with E-state index in [-0.39, 0.29) is 24.2 Å². The van der Waals surface area contributed by atoms with Crippen molar-refractivity contribution in [3.8, 4) is 0 Å². The monoisotopic (exact) mass is 375 g/mol. The molecule has 2 aliphatic rings. The SMILES string of the molecule is Cc1cccc2[nH]cc(CCNC(=O)C3CC4CCCC(C3)C4N)c12.Cl. The van der Waals surface area contributed by atoms with E-state index in [1.165, 1.54) is 41.3 Å². The van der Waals surface area contributed by atoms with E-state index in [1.54, 1.807) is 0 Å². The van der Waals surface area contributed by atoms with Crippen molar-refractivity contribution in [2.45, 2.75) is 51.5 Å². The summed E-state index contributed by atoms with van der Waals surface area (Å²) in [5.74, 6) is 1.51. The number of carbonyl (C=O) groups excluding carboxylic acids is 1. The molecule has 1 heterocycles. The summed E-state index contributed by atoms with van der Waals surface area (Å²) in [6.07, 6.45) is 8.61. The van der Waals surface area contributed by atoms with Crippen LogP contribution in [0.3, 0.4) is 0 Å². The standard InChI is InChI=1S/C21H29N3O.ClH/c1-13-4-2-7-18-19(13)16(12-24-18)8-9-23-21(25)17-10-14-5-3-6-15(11-17)20(14)22;/h2,4,7,12,14-15,17,20,24H,3,5-6,8-11,22H2,1H3,(H,23,25);1H. The third-order valence-corrected chi connectivity index (χ3v) is 6.47. The molecule has 1 aromatic carbocycles. The first-order valence-corrected chi connectivity index (χ1v) is 9.72. The summed E-state index contributed by atoms with van der Waals surface area (Å²) in [6, 6.07) is 6.65. The van der Waals surface area contributed by atoms with Crippen LogP contribution in [0.25, 0.3) is 10.9 Å². The van der Waals surface area contributed by atoms with Gasteiger partial charge in [0.25, 0.3) is 0 Å². The molecule has 2 unspecified atom stereocenters. The van der Waals surface area contributed by atoms with E-state index >= 15 is 0 Å². The lowest BCUT2D eigenvalue weighted by atomic mass is 9.65. The van der Waals surface area contributed by atoms with Gasteiger partial charge in [-0.3, -0.25) is 4.79 Å². The number of hydrogen-bond donors (Lipinski definition) is 3. The molecule has 0 aliphatic heterocycles. The van der Waals surface area contributed by atoms with Gasteiger partial charge in [0.15, 0.2) is 0 Å². The van der Waals surface area contributed by atoms with Gasteiger partial charge in [-0.2, -0.15) is 0 Å². The number of halogens is 1. The highest BCUT2D eigenvalue weighted by atomic mass is 35.5. The number of amides is 1. The zero-order valence-electron chi connectivity index (χ0n) is 15.5. The highest BCUT2D eigenvalue weighted by Gasteiger charge is 2.40. The van der Waals surface area contributed by atoms with Gasteiger partial charge in [0, 0.05) is 35.6 Å². The lowest BCUT2D eigenvalue weighted by molar-refractivity contribution is -0.127. The quantitative estimate of drug-likeness (QED) is 0.762. The number of aromatic amines is 1. The molecular weight excluding hydrogens is 346 g/mol. The molecule has 0 saturated heterocycles. The van der Waals surface area contributed by atoms with Gasteiger partial charge in [-0.25, -0.2) is 0 Å². The molecular formula is C21H30ClN3O. The molecule has 1 aromatic heterocycles. The maximum Gasteiger partial charge on any atom is 0.223 e. The van der Waals surface area contributed by atoms with E-state index in [0.717, 1.165) is 19.3 Å². The lowest BCUT2D eigenvalue weighted by Crippen LogP contribution is -2.49. The smallest absolute Gasteiger partial charge is 0.223 e. The molecule has 2 fully saturated rings. The number of nitrogens with two attached hydrogens (primary N) is 1. The Hall–Kier alpha value is -1.52. The topological polar surface area (TPSA) is 70.9 Å². The Kier molecular flexibility index (Phi) is 5.93. The van der Waals surface area contributed by atoms with Crippen LogP contribution in [0.4, 0.5) is 0 Å². The Labute approximate surface area is 161 Å². The largest absolute Gasteiger partial charge is 0.361 e. The maximum atomic E-state index is 12.6. The first-order chi connectivity index (χ1) is 12.1. The molecule has 5 heteroatoms. The van der Waals surface area contributed by atoms with Crippen LogP contribution in [0.1, 0.15) is 43.2 Å². The normalized spacial score (nSPS) is 27.8. The van der Waals surface area contributed by atoms with Crippen molar-refractivity contribution in [1.82, 2.24) is 10.3 Å². The van der Waals surface area contributed by atoms with Crippen molar-refractivity contribution >= 4 is 29.2 Å². The number of hydrogen-bond acceptors (Lipinski definition) is 2. The number of carbonyl (C=O) groups is 1. The number of H-pyrrole nitrogens is 1. The third kappa shape index (κ3) is 3.63. The number of aryl methyl sites for hydroxylation is 1. The Morgan fingerprint density at radius 2 is 2.00 bits per heavy atom. The average molecular weight is 376 g/mol. The van der Waals surface area contributed by atoms with Gasteiger partial charge in [0.2, 0.25) is 5.91 Å². The third-order valence-electron chi connectivity index (χ3n) is 6.47. The van der Waals surface area contributed by atoms with Gasteiger partial charge in [-0.1, -0.05) is 18.6 Å². The molecule has 1 amide bonds. The zero-order valence-corrected chi connectivity index (χ0v) is 16.3. The van der Waals surface area contributed by atoms with Crippen LogP contribution in [0.2, 0.25) is 0 Å². The highest BCUT2D eigenvalue weighted by molar-refractivity contribution is 5.86. The number of rotatable bonds is 4. The van der Waals surface area contributed by atoms with Crippen molar-refractivity contribution in [2.24, 2.45) is 23.5 Å². The van der Waals surface area contributed by atoms with Gasteiger partial charge >= 0.3 is 0 Å². The van der Waals surface area contributed by atoms with E-state index in [4.69, 9.17) is 5.73 Å². The van der Waals surface area contributed by atoms with Gasteiger partial charge in [0.1, 0.15) is 0 Å². The summed E-state index contributed by atoms with van der Waals surface area (Å²) in [5, 5.41) is 4.49. The molecule has 4 N–H and O–H groups in total. The van der Waals surface area contributed by atoms with Gasteiger partial charge < -0.3 is 16.0 Å². The molecule has 2 saturated carbocycles. The molecule has 2 aliphatic carbocycles. The van der Waals surface area contributed by atoms with E-state index in [2.05, 4.69) is 41.6 Å². The fourth-order valence-electron chi connectivity index (χ4n) is 5.12. The predicted octanol–water partition coefficient (Wildman–Crippen LogP) is 3.71. The van der Waals surface area contributed by atoms with E-state index in [9.17, 15) is 4.79 Å². The first kappa shape index (κ1) is 19.2. The summed E-state index contributed by atoms with van der Waals surface area (Å²) in [7, 11) is 0. The second-order valence-electron chi connectivity index (χ2n) is 8.05. The fraction of sp³-hybridized carbons (Fsp3) is 0.571. The molecule has 2 aromatic rings. The summed E-state index contributed by atoms with van der Waals surface area (Å²) in [4.78, 5) is 16.0. The maximum absolute atomic E-state index is 12.6. The van der Waals surface area contributed by atoms with Crippen LogP contribution < -0.4 is 11.1 Å². The second-order valence-corrected chi connectivity index (χ2v) is 8.05. The lowest BCUT2D eigenvalue weighted by Gasteiger charge is -2.43. The van der Waals surface area contributed by atoms with Crippen molar-refractivity contribution in [2.75, 3.05) is 6.54 Å². The minimum atomic E-state index is 0. The van der Waals surface area contributed by atoms with E-state index < -0.39 is 0 Å². The minimum Gasteiger partial charge on any atom is -0.361 e. The Morgan fingerprint density at radius 1 is 1.27 bits per heavy atom. The average Bonchev–Trinajstić information content (AvgIpc) is 2.99. The van der Waals surface area contributed by atoms with Crippen LogP contribution >= 0.6 is 12.4 Å². The Balaban J connectivity index is 0.00000196. The fourth-order valence-corrected chi connectivity index (χ4v) is 5.12. The first-order valence-electron chi connectivity index (χ1n) is 9.72. The molecule has 2 bridgehead atoms. The molecule has 142 valence electrons. The Morgan fingerprint density at radius 3 is 2.73 bits per heavy atom. The zero-order chi connectivity index (χ0) is 17.4. The predicted molar refractivity (Wildman–Crippen MR) is 109 cm³/mol. The minimum absolute atomic E-state index is 0. The number of nitrogens with one attached hydrogen (secondary N) is 2. The van der Waals surface area contributed by atoms with E-state index in [0.29, 0.717) is 24.4 Å². The molecule has 0 radical (unpaired) electrons. The number of benzene rings is 1. The van der Waals surface area contributed by atoms with Crippen molar-refractivity contribution in [1.29, 1.82) is 0 Å². The summed E-state index contributed by atoms with van der Waals surface area (Å²) in [6.45, 7) is 2.85. The van der Waals surface area contributed by atoms with Gasteiger partial charge in [0.05, 0.1) is 0 Å². The van der Waals surface area contributed by atoms with Crippen LogP contribution in [0.5, 0.6) is 0 Å². The molecule has 2 atom stereocenters. The summed E-state index contributed by atoms with van der Waals surface area (Å²) < 4.78 is 0. The van der Waals surface area contributed by atoms with Crippen LogP contribution in [0.15, 0.2) is 24.4 Å². The van der Waals surface area contributed by atoms with Crippen LogP contribution in [-0.4, -0.2) is 23.5 Å². The molecule has 4 rings (SSSR count). The van der Waals surface area contributed by atoms with Gasteiger partial charge in [-0.15, -0.1) is 12.4 Å².